The van der Waals surface area contributed by atoms with Gasteiger partial charge in [0.05, 0.1) is 4.92 Å². The van der Waals surface area contributed by atoms with E-state index >= 15 is 0 Å². The van der Waals surface area contributed by atoms with Crippen LogP contribution in [0.5, 0.6) is 0 Å². The number of nitro groups is 1. The first-order valence-corrected chi connectivity index (χ1v) is 4.41. The van der Waals surface area contributed by atoms with Crippen LogP contribution in [-0.2, 0) is 0 Å². The highest BCUT2D eigenvalue weighted by atomic mass is 19.4. The van der Waals surface area contributed by atoms with Gasteiger partial charge >= 0.3 is 6.18 Å². The number of hydrogen-bond donors (Lipinski definition) is 1. The molecule has 0 unspecified atom stereocenters. The number of aryl methyl sites for hydroxylation is 1. The van der Waals surface area contributed by atoms with Gasteiger partial charge in [0.1, 0.15) is 11.9 Å². The van der Waals surface area contributed by atoms with Crippen LogP contribution in [0.1, 0.15) is 5.56 Å². The molecule has 0 aliphatic heterocycles. The lowest BCUT2D eigenvalue weighted by atomic mass is 10.2. The molecule has 0 atom stereocenters. The maximum Gasteiger partial charge on any atom is 0.428 e. The molecule has 0 saturated heterocycles. The highest BCUT2D eigenvalue weighted by Gasteiger charge is 2.24. The number of benzene rings is 1. The topological polar surface area (TPSA) is 67.5 Å². The third kappa shape index (κ3) is 4.09. The van der Waals surface area contributed by atoms with Crippen molar-refractivity contribution in [1.82, 2.24) is 0 Å². The summed E-state index contributed by atoms with van der Waals surface area (Å²) >= 11 is 0. The van der Waals surface area contributed by atoms with Gasteiger partial charge in [-0.15, -0.1) is 0 Å². The van der Waals surface area contributed by atoms with Crippen molar-refractivity contribution in [3.63, 3.8) is 0 Å². The molecule has 0 saturated carbocycles. The maximum atomic E-state index is 11.8. The molecule has 1 N–H and O–H groups in total. The fraction of sp³-hybridized carbons (Fsp3) is 0.222. The van der Waals surface area contributed by atoms with Crippen LogP contribution >= 0.6 is 0 Å². The van der Waals surface area contributed by atoms with Crippen LogP contribution < -0.4 is 5.43 Å². The Bertz CT molecular complexity index is 457. The molecule has 0 amide bonds. The lowest BCUT2D eigenvalue weighted by molar-refractivity contribution is -0.384. The summed E-state index contributed by atoms with van der Waals surface area (Å²) in [6.45, 7) is 1.66. The first-order chi connectivity index (χ1) is 7.79. The van der Waals surface area contributed by atoms with Gasteiger partial charge in [0.15, 0.2) is 0 Å². The number of hydrogen-bond acceptors (Lipinski definition) is 4. The van der Waals surface area contributed by atoms with Gasteiger partial charge in [0.2, 0.25) is 0 Å². The van der Waals surface area contributed by atoms with Crippen LogP contribution in [0.15, 0.2) is 23.3 Å². The monoisotopic (exact) mass is 247 g/mol. The Morgan fingerprint density at radius 3 is 2.65 bits per heavy atom. The fourth-order valence-corrected chi connectivity index (χ4v) is 1.07. The summed E-state index contributed by atoms with van der Waals surface area (Å²) in [7, 11) is 0. The van der Waals surface area contributed by atoms with Crippen molar-refractivity contribution in [2.75, 3.05) is 5.43 Å². The highest BCUT2D eigenvalue weighted by Crippen LogP contribution is 2.25. The summed E-state index contributed by atoms with van der Waals surface area (Å²) < 4.78 is 35.3. The molecule has 5 nitrogen and oxygen atoms in total. The van der Waals surface area contributed by atoms with Crippen molar-refractivity contribution in [2.24, 2.45) is 5.10 Å². The lowest BCUT2D eigenvalue weighted by Crippen LogP contribution is -2.10. The van der Waals surface area contributed by atoms with Crippen molar-refractivity contribution in [1.29, 1.82) is 0 Å². The van der Waals surface area contributed by atoms with Crippen molar-refractivity contribution in [2.45, 2.75) is 13.1 Å². The average molecular weight is 247 g/mol. The molecular weight excluding hydrogens is 239 g/mol. The number of nitro benzene ring substituents is 1. The van der Waals surface area contributed by atoms with Gasteiger partial charge < -0.3 is 0 Å². The predicted molar refractivity (Wildman–Crippen MR) is 56.0 cm³/mol. The third-order valence-electron chi connectivity index (χ3n) is 1.74. The van der Waals surface area contributed by atoms with Crippen LogP contribution in [0.25, 0.3) is 0 Å². The van der Waals surface area contributed by atoms with E-state index in [0.717, 1.165) is 0 Å². The Labute approximate surface area is 94.1 Å². The normalized spacial score (nSPS) is 11.8. The largest absolute Gasteiger partial charge is 0.428 e. The SMILES string of the molecule is Cc1ccc([N+](=O)[O-])c(NN=CC(F)(F)F)c1. The molecule has 0 aromatic heterocycles. The molecule has 1 rings (SSSR count). The molecule has 0 heterocycles. The molecule has 0 aliphatic rings. The number of halogens is 3. The summed E-state index contributed by atoms with van der Waals surface area (Å²) in [5.74, 6) is 0. The second kappa shape index (κ2) is 4.81. The molecule has 8 heteroatoms. The van der Waals surface area contributed by atoms with Crippen LogP contribution in [0.3, 0.4) is 0 Å². The molecule has 0 aliphatic carbocycles. The Hall–Kier alpha value is -2.12. The summed E-state index contributed by atoms with van der Waals surface area (Å²) in [5, 5.41) is 13.5. The van der Waals surface area contributed by atoms with Crippen molar-refractivity contribution in [3.05, 3.63) is 33.9 Å². The van der Waals surface area contributed by atoms with Gasteiger partial charge in [0.25, 0.3) is 5.69 Å². The minimum absolute atomic E-state index is 0.0875. The molecular formula is C9H8F3N3O2. The molecule has 92 valence electrons. The molecule has 0 spiro atoms. The van der Waals surface area contributed by atoms with Crippen molar-refractivity contribution >= 4 is 17.6 Å². The van der Waals surface area contributed by atoms with Gasteiger partial charge in [-0.25, -0.2) is 0 Å². The van der Waals surface area contributed by atoms with Crippen molar-refractivity contribution in [3.8, 4) is 0 Å². The fourth-order valence-electron chi connectivity index (χ4n) is 1.07. The quantitative estimate of drug-likeness (QED) is 0.507. The van der Waals surface area contributed by atoms with Crippen LogP contribution in [0.2, 0.25) is 0 Å². The Kier molecular flexibility index (Phi) is 3.66. The molecule has 1 aromatic carbocycles. The number of hydrazone groups is 1. The van der Waals surface area contributed by atoms with E-state index < -0.39 is 11.1 Å². The van der Waals surface area contributed by atoms with E-state index in [9.17, 15) is 23.3 Å². The highest BCUT2D eigenvalue weighted by molar-refractivity contribution is 5.68. The maximum absolute atomic E-state index is 11.8. The van der Waals surface area contributed by atoms with Crippen LogP contribution in [-0.4, -0.2) is 17.3 Å². The van der Waals surface area contributed by atoms with Crippen molar-refractivity contribution < 1.29 is 18.1 Å². The standard InChI is InChI=1S/C9H8F3N3O2/c1-6-2-3-8(15(16)17)7(4-6)14-13-5-9(10,11)12/h2-5,14H,1H3. The second-order valence-electron chi connectivity index (χ2n) is 3.19. The van der Waals surface area contributed by atoms with E-state index in [1.165, 1.54) is 18.2 Å². The summed E-state index contributed by atoms with van der Waals surface area (Å²) in [6, 6.07) is 4.02. The van der Waals surface area contributed by atoms with E-state index in [2.05, 4.69) is 5.10 Å². The molecule has 17 heavy (non-hydrogen) atoms. The van der Waals surface area contributed by atoms with Gasteiger partial charge in [-0.05, 0) is 18.6 Å². The Balaban J connectivity index is 2.93. The van der Waals surface area contributed by atoms with Gasteiger partial charge in [0, 0.05) is 6.07 Å². The zero-order valence-corrected chi connectivity index (χ0v) is 8.65. The lowest BCUT2D eigenvalue weighted by Gasteiger charge is -2.03. The first kappa shape index (κ1) is 12.9. The summed E-state index contributed by atoms with van der Waals surface area (Å²) in [5.41, 5.74) is 2.24. The summed E-state index contributed by atoms with van der Waals surface area (Å²) in [6.07, 6.45) is -4.84. The van der Waals surface area contributed by atoms with Gasteiger partial charge in [-0.3, -0.25) is 15.5 Å². The first-order valence-electron chi connectivity index (χ1n) is 4.41. The summed E-state index contributed by atoms with van der Waals surface area (Å²) in [4.78, 5) is 9.88. The van der Waals surface area contributed by atoms with Gasteiger partial charge in [-0.1, -0.05) is 6.07 Å². The van der Waals surface area contributed by atoms with Crippen LogP contribution in [0.4, 0.5) is 24.5 Å². The van der Waals surface area contributed by atoms with E-state index in [1.54, 1.807) is 6.92 Å². The average Bonchev–Trinajstić information content (AvgIpc) is 2.15. The molecule has 0 bridgehead atoms. The minimum atomic E-state index is -4.56. The number of rotatable bonds is 3. The van der Waals surface area contributed by atoms with Crippen LogP contribution in [0, 0.1) is 17.0 Å². The number of anilines is 1. The molecule has 0 radical (unpaired) electrons. The Morgan fingerprint density at radius 1 is 1.47 bits per heavy atom. The predicted octanol–water partition coefficient (Wildman–Crippen LogP) is 2.86. The van der Waals surface area contributed by atoms with E-state index in [4.69, 9.17) is 0 Å². The Morgan fingerprint density at radius 2 is 2.12 bits per heavy atom. The van der Waals surface area contributed by atoms with E-state index in [-0.39, 0.29) is 17.6 Å². The molecule has 1 aromatic rings. The van der Waals surface area contributed by atoms with E-state index in [1.807, 2.05) is 5.43 Å². The van der Waals surface area contributed by atoms with Gasteiger partial charge in [-0.2, -0.15) is 18.3 Å². The number of alkyl halides is 3. The molecule has 0 fully saturated rings. The second-order valence-corrected chi connectivity index (χ2v) is 3.19. The zero-order valence-electron chi connectivity index (χ0n) is 8.65. The third-order valence-corrected chi connectivity index (χ3v) is 1.74. The van der Waals surface area contributed by atoms with E-state index in [0.29, 0.717) is 5.56 Å². The smallest absolute Gasteiger partial charge is 0.272 e. The zero-order chi connectivity index (χ0) is 13.1. The number of nitrogens with zero attached hydrogens (tertiary/aromatic N) is 2. The minimum Gasteiger partial charge on any atom is -0.272 e. The number of nitrogens with one attached hydrogen (secondary N) is 1.